The molecule has 0 bridgehead atoms. The lowest BCUT2D eigenvalue weighted by Gasteiger charge is -2.03. The maximum Gasteiger partial charge on any atom is 0.260 e. The van der Waals surface area contributed by atoms with Gasteiger partial charge in [0.1, 0.15) is 5.69 Å². The molecule has 2 heterocycles. The number of hydrogen-bond acceptors (Lipinski definition) is 5. The molecule has 6 heteroatoms. The van der Waals surface area contributed by atoms with Gasteiger partial charge in [-0.1, -0.05) is 17.3 Å². The van der Waals surface area contributed by atoms with Crippen LogP contribution in [-0.2, 0) is 7.05 Å². The molecule has 3 aromatic rings. The summed E-state index contributed by atoms with van der Waals surface area (Å²) in [5, 5.41) is 7.10. The molecule has 0 saturated heterocycles. The van der Waals surface area contributed by atoms with E-state index in [-0.39, 0.29) is 0 Å². The Labute approximate surface area is 110 Å². The Kier molecular flexibility index (Phi) is 2.75. The standard InChI is InChI=1S/C13H13N5O/c1-14-10-6-4-3-5-9(10)13-16-12(17-19-13)11-7-15-8-18(11)2/h3-8,14H,1-2H3. The molecular formula is C13H13N5O. The first kappa shape index (κ1) is 11.5. The van der Waals surface area contributed by atoms with Gasteiger partial charge in [0.15, 0.2) is 0 Å². The molecule has 0 saturated carbocycles. The molecule has 19 heavy (non-hydrogen) atoms. The summed E-state index contributed by atoms with van der Waals surface area (Å²) >= 11 is 0. The lowest BCUT2D eigenvalue weighted by Crippen LogP contribution is -1.92. The summed E-state index contributed by atoms with van der Waals surface area (Å²) in [6.07, 6.45) is 3.41. The highest BCUT2D eigenvalue weighted by molar-refractivity contribution is 5.72. The fourth-order valence-electron chi connectivity index (χ4n) is 1.90. The second kappa shape index (κ2) is 4.56. The molecule has 0 spiro atoms. The summed E-state index contributed by atoms with van der Waals surface area (Å²) in [4.78, 5) is 8.46. The third-order valence-electron chi connectivity index (χ3n) is 2.90. The summed E-state index contributed by atoms with van der Waals surface area (Å²) in [6.45, 7) is 0. The highest BCUT2D eigenvalue weighted by Crippen LogP contribution is 2.27. The molecule has 0 fully saturated rings. The van der Waals surface area contributed by atoms with Crippen molar-refractivity contribution in [1.29, 1.82) is 0 Å². The lowest BCUT2D eigenvalue weighted by molar-refractivity contribution is 0.432. The molecule has 0 aliphatic carbocycles. The zero-order valence-electron chi connectivity index (χ0n) is 10.7. The van der Waals surface area contributed by atoms with E-state index in [9.17, 15) is 0 Å². The second-order valence-corrected chi connectivity index (χ2v) is 4.11. The average molecular weight is 255 g/mol. The average Bonchev–Trinajstić information content (AvgIpc) is 3.07. The molecule has 0 atom stereocenters. The second-order valence-electron chi connectivity index (χ2n) is 4.11. The van der Waals surface area contributed by atoms with Crippen molar-refractivity contribution in [3.8, 4) is 23.0 Å². The van der Waals surface area contributed by atoms with Crippen LogP contribution in [-0.4, -0.2) is 26.7 Å². The van der Waals surface area contributed by atoms with Gasteiger partial charge in [0.05, 0.1) is 18.1 Å². The molecule has 96 valence electrons. The van der Waals surface area contributed by atoms with Gasteiger partial charge in [-0.25, -0.2) is 4.98 Å². The van der Waals surface area contributed by atoms with E-state index < -0.39 is 0 Å². The van der Waals surface area contributed by atoms with E-state index in [4.69, 9.17) is 4.52 Å². The number of hydrogen-bond donors (Lipinski definition) is 1. The van der Waals surface area contributed by atoms with Crippen molar-refractivity contribution in [2.75, 3.05) is 12.4 Å². The number of nitrogens with one attached hydrogen (secondary N) is 1. The van der Waals surface area contributed by atoms with Crippen molar-refractivity contribution in [1.82, 2.24) is 19.7 Å². The van der Waals surface area contributed by atoms with Crippen LogP contribution in [0.4, 0.5) is 5.69 Å². The Morgan fingerprint density at radius 1 is 1.26 bits per heavy atom. The number of aromatic nitrogens is 4. The van der Waals surface area contributed by atoms with Crippen LogP contribution in [0, 0.1) is 0 Å². The van der Waals surface area contributed by atoms with Gasteiger partial charge < -0.3 is 14.4 Å². The van der Waals surface area contributed by atoms with Crippen molar-refractivity contribution in [2.24, 2.45) is 7.05 Å². The Bertz CT molecular complexity index is 700. The van der Waals surface area contributed by atoms with Gasteiger partial charge in [-0.15, -0.1) is 0 Å². The van der Waals surface area contributed by atoms with E-state index in [0.717, 1.165) is 16.9 Å². The monoisotopic (exact) mass is 255 g/mol. The molecule has 0 radical (unpaired) electrons. The van der Waals surface area contributed by atoms with Crippen molar-refractivity contribution >= 4 is 5.69 Å². The molecule has 1 aromatic carbocycles. The van der Waals surface area contributed by atoms with E-state index >= 15 is 0 Å². The summed E-state index contributed by atoms with van der Waals surface area (Å²) in [5.74, 6) is 1.02. The maximum atomic E-state index is 5.33. The molecule has 1 N–H and O–H groups in total. The SMILES string of the molecule is CNc1ccccc1-c1nc(-c2cncn2C)no1. The normalized spacial score (nSPS) is 10.6. The summed E-state index contributed by atoms with van der Waals surface area (Å²) in [7, 11) is 3.75. The van der Waals surface area contributed by atoms with Gasteiger partial charge in [-0.3, -0.25) is 0 Å². The van der Waals surface area contributed by atoms with Crippen LogP contribution in [0.5, 0.6) is 0 Å². The quantitative estimate of drug-likeness (QED) is 0.776. The largest absolute Gasteiger partial charge is 0.387 e. The van der Waals surface area contributed by atoms with Crippen molar-refractivity contribution < 1.29 is 4.52 Å². The molecule has 0 unspecified atom stereocenters. The Balaban J connectivity index is 2.04. The molecule has 0 aliphatic rings. The van der Waals surface area contributed by atoms with E-state index in [1.807, 2.05) is 42.9 Å². The van der Waals surface area contributed by atoms with Crippen LogP contribution >= 0.6 is 0 Å². The van der Waals surface area contributed by atoms with E-state index in [1.54, 1.807) is 12.5 Å². The van der Waals surface area contributed by atoms with E-state index in [2.05, 4.69) is 20.4 Å². The minimum absolute atomic E-state index is 0.487. The molecular weight excluding hydrogens is 242 g/mol. The van der Waals surface area contributed by atoms with Crippen LogP contribution in [0.1, 0.15) is 0 Å². The minimum atomic E-state index is 0.487. The van der Waals surface area contributed by atoms with Crippen molar-refractivity contribution in [3.05, 3.63) is 36.8 Å². The van der Waals surface area contributed by atoms with Gasteiger partial charge in [0, 0.05) is 19.8 Å². The van der Waals surface area contributed by atoms with Crippen LogP contribution in [0.25, 0.3) is 23.0 Å². The van der Waals surface area contributed by atoms with Crippen LogP contribution in [0.15, 0.2) is 41.3 Å². The lowest BCUT2D eigenvalue weighted by atomic mass is 10.2. The van der Waals surface area contributed by atoms with Crippen LogP contribution in [0.2, 0.25) is 0 Å². The summed E-state index contributed by atoms with van der Waals surface area (Å²) in [5.41, 5.74) is 2.64. The Morgan fingerprint density at radius 3 is 2.84 bits per heavy atom. The number of anilines is 1. The van der Waals surface area contributed by atoms with Crippen LogP contribution in [0.3, 0.4) is 0 Å². The first-order chi connectivity index (χ1) is 9.29. The zero-order valence-corrected chi connectivity index (χ0v) is 10.7. The fourth-order valence-corrected chi connectivity index (χ4v) is 1.90. The van der Waals surface area contributed by atoms with E-state index in [0.29, 0.717) is 11.7 Å². The molecule has 6 nitrogen and oxygen atoms in total. The van der Waals surface area contributed by atoms with Gasteiger partial charge in [-0.05, 0) is 12.1 Å². The summed E-state index contributed by atoms with van der Waals surface area (Å²) in [6, 6.07) is 7.79. The number of nitrogens with zero attached hydrogens (tertiary/aromatic N) is 4. The van der Waals surface area contributed by atoms with Crippen LogP contribution < -0.4 is 5.32 Å². The molecule has 2 aromatic heterocycles. The molecule has 0 aliphatic heterocycles. The Morgan fingerprint density at radius 2 is 2.11 bits per heavy atom. The maximum absolute atomic E-state index is 5.33. The third-order valence-corrected chi connectivity index (χ3v) is 2.90. The molecule has 0 amide bonds. The Hall–Kier alpha value is -2.63. The van der Waals surface area contributed by atoms with Gasteiger partial charge >= 0.3 is 0 Å². The van der Waals surface area contributed by atoms with Gasteiger partial charge in [0.2, 0.25) is 5.82 Å². The van der Waals surface area contributed by atoms with Gasteiger partial charge in [-0.2, -0.15) is 4.98 Å². The molecule has 3 rings (SSSR count). The first-order valence-electron chi connectivity index (χ1n) is 5.87. The predicted molar refractivity (Wildman–Crippen MR) is 71.5 cm³/mol. The summed E-state index contributed by atoms with van der Waals surface area (Å²) < 4.78 is 7.18. The topological polar surface area (TPSA) is 68.8 Å². The number of rotatable bonds is 3. The first-order valence-corrected chi connectivity index (χ1v) is 5.87. The van der Waals surface area contributed by atoms with E-state index in [1.165, 1.54) is 0 Å². The van der Waals surface area contributed by atoms with Crippen molar-refractivity contribution in [2.45, 2.75) is 0 Å². The number of aryl methyl sites for hydroxylation is 1. The smallest absolute Gasteiger partial charge is 0.260 e. The number of imidazole rings is 1. The fraction of sp³-hybridized carbons (Fsp3) is 0.154. The van der Waals surface area contributed by atoms with Gasteiger partial charge in [0.25, 0.3) is 5.89 Å². The number of para-hydroxylation sites is 1. The highest BCUT2D eigenvalue weighted by Gasteiger charge is 2.14. The third kappa shape index (κ3) is 1.97. The minimum Gasteiger partial charge on any atom is -0.387 e. The predicted octanol–water partition coefficient (Wildman–Crippen LogP) is 2.18. The van der Waals surface area contributed by atoms with Crippen molar-refractivity contribution in [3.63, 3.8) is 0 Å². The zero-order chi connectivity index (χ0) is 13.2. The number of benzene rings is 1. The highest BCUT2D eigenvalue weighted by atomic mass is 16.5.